The lowest BCUT2D eigenvalue weighted by molar-refractivity contribution is -0.200. The molecule has 37 heavy (non-hydrogen) atoms. The van der Waals surface area contributed by atoms with Gasteiger partial charge >= 0.3 is 6.18 Å². The minimum absolute atomic E-state index is 0.0719. The van der Waals surface area contributed by atoms with E-state index >= 15 is 0 Å². The smallest absolute Gasteiger partial charge is 0.352 e. The molecule has 1 saturated heterocycles. The highest BCUT2D eigenvalue weighted by Gasteiger charge is 2.55. The lowest BCUT2D eigenvalue weighted by Crippen LogP contribution is -2.61. The van der Waals surface area contributed by atoms with Crippen molar-refractivity contribution in [3.8, 4) is 0 Å². The molecule has 1 fully saturated rings. The molecule has 4 aromatic rings. The normalized spacial score (nSPS) is 18.3. The highest BCUT2D eigenvalue weighted by atomic mass is 32.1. The van der Waals surface area contributed by atoms with E-state index in [1.165, 1.54) is 18.4 Å². The number of fused-ring (bicyclic) bond motifs is 2. The first-order valence-corrected chi connectivity index (χ1v) is 12.5. The Labute approximate surface area is 212 Å². The molecule has 3 N–H and O–H groups in total. The summed E-state index contributed by atoms with van der Waals surface area (Å²) in [6.07, 6.45) is -3.05. The van der Waals surface area contributed by atoms with E-state index < -0.39 is 23.5 Å². The van der Waals surface area contributed by atoms with Gasteiger partial charge in [-0.3, -0.25) is 14.9 Å². The van der Waals surface area contributed by atoms with Crippen molar-refractivity contribution in [3.05, 3.63) is 53.2 Å². The number of benzene rings is 1. The number of rotatable bonds is 4. The summed E-state index contributed by atoms with van der Waals surface area (Å²) in [5, 5.41) is 8.13. The number of amides is 2. The quantitative estimate of drug-likeness (QED) is 0.349. The molecule has 3 aromatic heterocycles. The number of nitrogens with one attached hydrogen (secondary N) is 3. The molecule has 0 radical (unpaired) electrons. The molecule has 0 saturated carbocycles. The molecule has 0 bridgehead atoms. The monoisotopic (exact) mass is 526 g/mol. The van der Waals surface area contributed by atoms with Crippen LogP contribution in [0.4, 0.5) is 19.1 Å². The third-order valence-electron chi connectivity index (χ3n) is 7.25. The largest absolute Gasteiger partial charge is 0.406 e. The SMILES string of the molecule is CNC1(C(F)(F)F)CCN(c2nc(C3=C(c4c[nH]c5sccc45)C(=O)NC3=O)c3ccccc3n2)CC1. The number of alkyl halides is 3. The summed E-state index contributed by atoms with van der Waals surface area (Å²) in [4.78, 5) is 41.1. The van der Waals surface area contributed by atoms with Crippen molar-refractivity contribution in [1.29, 1.82) is 0 Å². The van der Waals surface area contributed by atoms with E-state index in [2.05, 4.69) is 25.6 Å². The average molecular weight is 527 g/mol. The Balaban J connectivity index is 1.49. The van der Waals surface area contributed by atoms with E-state index in [1.54, 1.807) is 35.4 Å². The lowest BCUT2D eigenvalue weighted by Gasteiger charge is -2.42. The minimum Gasteiger partial charge on any atom is -0.352 e. The number of carbonyl (C=O) groups excluding carboxylic acids is 2. The molecule has 8 nitrogen and oxygen atoms in total. The second-order valence-corrected chi connectivity index (χ2v) is 10.0. The number of piperidine rings is 1. The number of para-hydroxylation sites is 1. The van der Waals surface area contributed by atoms with Gasteiger partial charge in [-0.25, -0.2) is 9.97 Å². The molecule has 0 unspecified atom stereocenters. The number of H-pyrrole nitrogens is 1. The molecular formula is C25H21F3N6O2S. The predicted molar refractivity (Wildman–Crippen MR) is 135 cm³/mol. The molecule has 1 aromatic carbocycles. The molecule has 6 rings (SSSR count). The van der Waals surface area contributed by atoms with Crippen LogP contribution in [0.1, 0.15) is 24.1 Å². The fraction of sp³-hybridized carbons (Fsp3) is 0.280. The number of hydrogen-bond acceptors (Lipinski definition) is 7. The number of carbonyl (C=O) groups is 2. The molecule has 0 spiro atoms. The van der Waals surface area contributed by atoms with Gasteiger partial charge in [0, 0.05) is 35.6 Å². The maximum Gasteiger partial charge on any atom is 0.406 e. The van der Waals surface area contributed by atoms with Crippen molar-refractivity contribution in [2.45, 2.75) is 24.6 Å². The van der Waals surface area contributed by atoms with Gasteiger partial charge in [-0.2, -0.15) is 13.2 Å². The molecule has 12 heteroatoms. The highest BCUT2D eigenvalue weighted by molar-refractivity contribution is 7.16. The van der Waals surface area contributed by atoms with Gasteiger partial charge in [0.15, 0.2) is 0 Å². The Morgan fingerprint density at radius 2 is 1.76 bits per heavy atom. The van der Waals surface area contributed by atoms with Crippen LogP contribution in [0.5, 0.6) is 0 Å². The van der Waals surface area contributed by atoms with Crippen molar-refractivity contribution >= 4 is 61.4 Å². The first-order valence-electron chi connectivity index (χ1n) is 11.6. The van der Waals surface area contributed by atoms with Crippen LogP contribution in [0, 0.1) is 0 Å². The van der Waals surface area contributed by atoms with Crippen molar-refractivity contribution in [2.75, 3.05) is 25.0 Å². The number of halogens is 3. The van der Waals surface area contributed by atoms with Crippen molar-refractivity contribution < 1.29 is 22.8 Å². The predicted octanol–water partition coefficient (Wildman–Crippen LogP) is 3.86. The molecular weight excluding hydrogens is 505 g/mol. The van der Waals surface area contributed by atoms with E-state index in [1.807, 2.05) is 11.4 Å². The number of imide groups is 1. The van der Waals surface area contributed by atoms with Crippen molar-refractivity contribution in [2.24, 2.45) is 0 Å². The summed E-state index contributed by atoms with van der Waals surface area (Å²) in [5.41, 5.74) is -0.275. The van der Waals surface area contributed by atoms with Gasteiger partial charge in [0.25, 0.3) is 11.8 Å². The van der Waals surface area contributed by atoms with Crippen LogP contribution in [0.2, 0.25) is 0 Å². The van der Waals surface area contributed by atoms with Gasteiger partial charge in [-0.15, -0.1) is 11.3 Å². The molecule has 2 aliphatic rings. The first-order chi connectivity index (χ1) is 17.7. The van der Waals surface area contributed by atoms with Crippen LogP contribution in [-0.2, 0) is 9.59 Å². The molecule has 0 aliphatic carbocycles. The summed E-state index contributed by atoms with van der Waals surface area (Å²) in [6, 6.07) is 8.95. The van der Waals surface area contributed by atoms with E-state index in [9.17, 15) is 22.8 Å². The zero-order chi connectivity index (χ0) is 25.9. The average Bonchev–Trinajstić information content (AvgIpc) is 3.57. The van der Waals surface area contributed by atoms with Gasteiger partial charge in [0.05, 0.1) is 22.4 Å². The van der Waals surface area contributed by atoms with Crippen molar-refractivity contribution in [1.82, 2.24) is 25.6 Å². The summed E-state index contributed by atoms with van der Waals surface area (Å²) in [7, 11) is 1.32. The fourth-order valence-corrected chi connectivity index (χ4v) is 5.93. The number of hydrogen-bond donors (Lipinski definition) is 3. The van der Waals surface area contributed by atoms with Crippen LogP contribution in [0.3, 0.4) is 0 Å². The third-order valence-corrected chi connectivity index (χ3v) is 8.10. The Hall–Kier alpha value is -3.77. The Morgan fingerprint density at radius 1 is 1.03 bits per heavy atom. The van der Waals surface area contributed by atoms with E-state index in [4.69, 9.17) is 0 Å². The van der Waals surface area contributed by atoms with Gasteiger partial charge < -0.3 is 15.2 Å². The third kappa shape index (κ3) is 3.62. The van der Waals surface area contributed by atoms with Crippen LogP contribution < -0.4 is 15.5 Å². The number of aromatic amines is 1. The molecule has 2 aliphatic heterocycles. The zero-order valence-corrected chi connectivity index (χ0v) is 20.4. The second-order valence-electron chi connectivity index (χ2n) is 9.11. The van der Waals surface area contributed by atoms with E-state index in [0.29, 0.717) is 16.5 Å². The maximum absolute atomic E-state index is 13.8. The van der Waals surface area contributed by atoms with Crippen LogP contribution in [0.25, 0.3) is 32.3 Å². The fourth-order valence-electron chi connectivity index (χ4n) is 5.15. The Kier molecular flexibility index (Phi) is 5.35. The van der Waals surface area contributed by atoms with Crippen LogP contribution in [0.15, 0.2) is 41.9 Å². The highest BCUT2D eigenvalue weighted by Crippen LogP contribution is 2.41. The number of thiophene rings is 1. The summed E-state index contributed by atoms with van der Waals surface area (Å²) >= 11 is 1.48. The summed E-state index contributed by atoms with van der Waals surface area (Å²) in [5.74, 6) is -0.892. The second kappa shape index (κ2) is 8.38. The number of anilines is 1. The van der Waals surface area contributed by atoms with E-state index in [-0.39, 0.29) is 48.7 Å². The topological polar surface area (TPSA) is 103 Å². The summed E-state index contributed by atoms with van der Waals surface area (Å²) < 4.78 is 41.3. The maximum atomic E-state index is 13.8. The standard InChI is InChI=1S/C25H21F3N6O2S/c1-29-24(25(26,27)28)7-9-34(10-8-24)23-31-16-5-3-2-4-14(16)19(32-23)18-17(20(35)33-21(18)36)15-12-30-22-13(15)6-11-37-22/h2-6,11-12,29-30H,7-10H2,1H3,(H,33,35,36). The zero-order valence-electron chi connectivity index (χ0n) is 19.6. The summed E-state index contributed by atoms with van der Waals surface area (Å²) in [6.45, 7) is 0.144. The lowest BCUT2D eigenvalue weighted by atomic mass is 9.87. The minimum atomic E-state index is -4.39. The molecule has 190 valence electrons. The first kappa shape index (κ1) is 23.6. The molecule has 5 heterocycles. The van der Waals surface area contributed by atoms with Gasteiger partial charge in [0.1, 0.15) is 10.4 Å². The van der Waals surface area contributed by atoms with Gasteiger partial charge in [0.2, 0.25) is 5.95 Å². The number of aromatic nitrogens is 3. The Bertz CT molecular complexity index is 1600. The van der Waals surface area contributed by atoms with Gasteiger partial charge in [-0.05, 0) is 37.4 Å². The van der Waals surface area contributed by atoms with Crippen LogP contribution >= 0.6 is 11.3 Å². The van der Waals surface area contributed by atoms with Crippen LogP contribution in [-0.4, -0.2) is 58.6 Å². The number of nitrogens with zero attached hydrogens (tertiary/aromatic N) is 3. The van der Waals surface area contributed by atoms with Crippen molar-refractivity contribution in [3.63, 3.8) is 0 Å². The van der Waals surface area contributed by atoms with E-state index in [0.717, 1.165) is 10.2 Å². The van der Waals surface area contributed by atoms with Gasteiger partial charge in [-0.1, -0.05) is 18.2 Å². The Morgan fingerprint density at radius 3 is 2.49 bits per heavy atom. The molecule has 2 amide bonds. The molecule has 0 atom stereocenters.